The van der Waals surface area contributed by atoms with Crippen LogP contribution in [0.4, 0.5) is 0 Å². The van der Waals surface area contributed by atoms with Crippen LogP contribution in [0.2, 0.25) is 0 Å². The quantitative estimate of drug-likeness (QED) is 0.728. The Balaban J connectivity index is 1.80. The molecule has 0 unspecified atom stereocenters. The van der Waals surface area contributed by atoms with E-state index in [2.05, 4.69) is 5.32 Å². The lowest BCUT2D eigenvalue weighted by Crippen LogP contribution is -2.58. The van der Waals surface area contributed by atoms with Gasteiger partial charge in [-0.05, 0) is 18.4 Å². The van der Waals surface area contributed by atoms with Gasteiger partial charge in [0.25, 0.3) is 0 Å². The van der Waals surface area contributed by atoms with Gasteiger partial charge in [-0.2, -0.15) is 0 Å². The van der Waals surface area contributed by atoms with Crippen molar-refractivity contribution in [2.45, 2.75) is 37.5 Å². The molecule has 1 fully saturated rings. The maximum absolute atomic E-state index is 10.8. The lowest BCUT2D eigenvalue weighted by atomic mass is 9.72. The van der Waals surface area contributed by atoms with E-state index in [1.807, 2.05) is 30.3 Å². The smallest absolute Gasteiger partial charge is 0.305 e. The van der Waals surface area contributed by atoms with Crippen LogP contribution in [0.5, 0.6) is 0 Å². The van der Waals surface area contributed by atoms with Gasteiger partial charge in [-0.1, -0.05) is 30.3 Å². The Morgan fingerprint density at radius 1 is 1.42 bits per heavy atom. The lowest BCUT2D eigenvalue weighted by Gasteiger charge is -2.46. The molecule has 5 heteroatoms. The highest BCUT2D eigenvalue weighted by molar-refractivity contribution is 5.69. The topological polar surface area (TPSA) is 75.6 Å². The van der Waals surface area contributed by atoms with Gasteiger partial charge < -0.3 is 15.2 Å². The van der Waals surface area contributed by atoms with E-state index in [1.165, 1.54) is 0 Å². The van der Waals surface area contributed by atoms with Crippen LogP contribution in [0, 0.1) is 0 Å². The van der Waals surface area contributed by atoms with E-state index in [9.17, 15) is 9.59 Å². The molecule has 1 amide bonds. The fraction of sp³-hybridized carbons (Fsp3) is 0.429. The molecule has 2 N–H and O–H groups in total. The number of amides is 1. The Morgan fingerprint density at radius 3 is 2.68 bits per heavy atom. The molecule has 19 heavy (non-hydrogen) atoms. The van der Waals surface area contributed by atoms with E-state index >= 15 is 0 Å². The van der Waals surface area contributed by atoms with Gasteiger partial charge in [-0.3, -0.25) is 9.59 Å². The number of carboxylic acids is 1. The van der Waals surface area contributed by atoms with Crippen molar-refractivity contribution in [1.29, 1.82) is 0 Å². The van der Waals surface area contributed by atoms with Gasteiger partial charge in [0, 0.05) is 0 Å². The molecular formula is C14H17NO4. The van der Waals surface area contributed by atoms with Crippen LogP contribution >= 0.6 is 0 Å². The van der Waals surface area contributed by atoms with Crippen molar-refractivity contribution in [1.82, 2.24) is 5.32 Å². The van der Waals surface area contributed by atoms with E-state index in [0.717, 1.165) is 5.56 Å². The summed E-state index contributed by atoms with van der Waals surface area (Å²) in [5.74, 6) is -0.907. The fourth-order valence-electron chi connectivity index (χ4n) is 2.45. The van der Waals surface area contributed by atoms with Crippen LogP contribution < -0.4 is 5.32 Å². The molecule has 1 aliphatic carbocycles. The SMILES string of the molecule is O=CNC1(CC(=O)O)CC(OCc2ccccc2)C1. The highest BCUT2D eigenvalue weighted by Crippen LogP contribution is 2.37. The predicted molar refractivity (Wildman–Crippen MR) is 68.4 cm³/mol. The number of hydrogen-bond acceptors (Lipinski definition) is 3. The number of carbonyl (C=O) groups is 2. The third-order valence-corrected chi connectivity index (χ3v) is 3.42. The Hall–Kier alpha value is -1.88. The fourth-order valence-corrected chi connectivity index (χ4v) is 2.45. The molecule has 0 aliphatic heterocycles. The normalized spacial score (nSPS) is 25.4. The average Bonchev–Trinajstić information content (AvgIpc) is 2.34. The summed E-state index contributed by atoms with van der Waals surface area (Å²) in [5, 5.41) is 11.5. The zero-order valence-corrected chi connectivity index (χ0v) is 10.5. The number of hydrogen-bond donors (Lipinski definition) is 2. The molecule has 0 atom stereocenters. The lowest BCUT2D eigenvalue weighted by molar-refractivity contribution is -0.143. The number of nitrogens with one attached hydrogen (secondary N) is 1. The summed E-state index contributed by atoms with van der Waals surface area (Å²) >= 11 is 0. The van der Waals surface area contributed by atoms with Crippen LogP contribution in [0.25, 0.3) is 0 Å². The molecule has 0 spiro atoms. The highest BCUT2D eigenvalue weighted by atomic mass is 16.5. The van der Waals surface area contributed by atoms with Gasteiger partial charge in [-0.25, -0.2) is 0 Å². The first kappa shape index (κ1) is 13.5. The van der Waals surface area contributed by atoms with E-state index in [4.69, 9.17) is 9.84 Å². The summed E-state index contributed by atoms with van der Waals surface area (Å²) in [6.45, 7) is 0.510. The second-order valence-electron chi connectivity index (χ2n) is 4.94. The van der Waals surface area contributed by atoms with Crippen molar-refractivity contribution >= 4 is 12.4 Å². The number of ether oxygens (including phenoxy) is 1. The minimum atomic E-state index is -0.907. The second-order valence-corrected chi connectivity index (χ2v) is 4.94. The van der Waals surface area contributed by atoms with Crippen LogP contribution in [-0.4, -0.2) is 29.1 Å². The van der Waals surface area contributed by atoms with Crippen LogP contribution in [0.3, 0.4) is 0 Å². The third kappa shape index (κ3) is 3.54. The van der Waals surface area contributed by atoms with E-state index in [1.54, 1.807) is 0 Å². The first-order valence-corrected chi connectivity index (χ1v) is 6.22. The second kappa shape index (κ2) is 5.84. The number of benzene rings is 1. The van der Waals surface area contributed by atoms with Crippen molar-refractivity contribution in [3.05, 3.63) is 35.9 Å². The zero-order valence-electron chi connectivity index (χ0n) is 10.5. The van der Waals surface area contributed by atoms with Gasteiger partial charge in [0.1, 0.15) is 0 Å². The molecular weight excluding hydrogens is 246 g/mol. The highest BCUT2D eigenvalue weighted by Gasteiger charge is 2.46. The Morgan fingerprint density at radius 2 is 2.11 bits per heavy atom. The van der Waals surface area contributed by atoms with E-state index in [-0.39, 0.29) is 12.5 Å². The van der Waals surface area contributed by atoms with Crippen molar-refractivity contribution in [2.24, 2.45) is 0 Å². The largest absolute Gasteiger partial charge is 0.481 e. The van der Waals surface area contributed by atoms with Gasteiger partial charge in [0.05, 0.1) is 24.7 Å². The van der Waals surface area contributed by atoms with Crippen molar-refractivity contribution < 1.29 is 19.4 Å². The maximum Gasteiger partial charge on any atom is 0.305 e. The van der Waals surface area contributed by atoms with Crippen molar-refractivity contribution in [3.63, 3.8) is 0 Å². The first-order valence-electron chi connectivity index (χ1n) is 6.22. The molecule has 2 rings (SSSR count). The summed E-state index contributed by atoms with van der Waals surface area (Å²) in [5.41, 5.74) is 0.455. The Kier molecular flexibility index (Phi) is 4.16. The Bertz CT molecular complexity index is 440. The number of rotatable bonds is 7. The Labute approximate surface area is 111 Å². The number of carbonyl (C=O) groups excluding carboxylic acids is 1. The van der Waals surface area contributed by atoms with Gasteiger partial charge in [-0.15, -0.1) is 0 Å². The minimum absolute atomic E-state index is 0.00649. The van der Waals surface area contributed by atoms with E-state index < -0.39 is 11.5 Å². The average molecular weight is 263 g/mol. The monoisotopic (exact) mass is 263 g/mol. The van der Waals surface area contributed by atoms with Gasteiger partial charge in [0.2, 0.25) is 6.41 Å². The summed E-state index contributed by atoms with van der Waals surface area (Å²) in [4.78, 5) is 21.3. The van der Waals surface area contributed by atoms with Crippen molar-refractivity contribution in [3.8, 4) is 0 Å². The molecule has 1 aromatic rings. The molecule has 0 bridgehead atoms. The van der Waals surface area contributed by atoms with Crippen molar-refractivity contribution in [2.75, 3.05) is 0 Å². The van der Waals surface area contributed by atoms with Crippen LogP contribution in [-0.2, 0) is 20.9 Å². The molecule has 1 saturated carbocycles. The summed E-state index contributed by atoms with van der Waals surface area (Å²) in [6.07, 6.45) is 1.61. The van der Waals surface area contributed by atoms with Crippen LogP contribution in [0.15, 0.2) is 30.3 Å². The zero-order chi connectivity index (χ0) is 13.7. The van der Waals surface area contributed by atoms with E-state index in [0.29, 0.717) is 25.9 Å². The summed E-state index contributed by atoms with van der Waals surface area (Å²) < 4.78 is 5.70. The predicted octanol–water partition coefficient (Wildman–Crippen LogP) is 1.33. The molecule has 0 saturated heterocycles. The molecule has 0 aromatic heterocycles. The van der Waals surface area contributed by atoms with Gasteiger partial charge >= 0.3 is 5.97 Å². The molecule has 0 heterocycles. The van der Waals surface area contributed by atoms with Gasteiger partial charge in [0.15, 0.2) is 0 Å². The molecule has 102 valence electrons. The summed E-state index contributed by atoms with van der Waals surface area (Å²) in [6, 6.07) is 9.79. The standard InChI is InChI=1S/C14H17NO4/c16-10-15-14(8-13(17)18)6-12(7-14)19-9-11-4-2-1-3-5-11/h1-5,10,12H,6-9H2,(H,15,16)(H,17,18). The maximum atomic E-state index is 10.8. The minimum Gasteiger partial charge on any atom is -0.481 e. The molecule has 0 radical (unpaired) electrons. The summed E-state index contributed by atoms with van der Waals surface area (Å²) in [7, 11) is 0. The first-order chi connectivity index (χ1) is 9.13. The molecule has 5 nitrogen and oxygen atoms in total. The van der Waals surface area contributed by atoms with Crippen LogP contribution in [0.1, 0.15) is 24.8 Å². The number of aliphatic carboxylic acids is 1. The number of carboxylic acid groups (broad SMARTS) is 1. The molecule has 1 aromatic carbocycles. The third-order valence-electron chi connectivity index (χ3n) is 3.42. The molecule has 1 aliphatic rings.